The first-order valence-corrected chi connectivity index (χ1v) is 8.28. The summed E-state index contributed by atoms with van der Waals surface area (Å²) < 4.78 is 0. The van der Waals surface area contributed by atoms with Crippen molar-refractivity contribution in [2.45, 2.75) is 10.8 Å². The first kappa shape index (κ1) is 14.0. The molecule has 114 valence electrons. The van der Waals surface area contributed by atoms with Crippen LogP contribution in [0, 0.1) is 0 Å². The van der Waals surface area contributed by atoms with Gasteiger partial charge in [-0.15, -0.1) is 11.8 Å². The topological polar surface area (TPSA) is 70.7 Å². The second-order valence-electron chi connectivity index (χ2n) is 5.29. The van der Waals surface area contributed by atoms with Gasteiger partial charge in [-0.3, -0.25) is 14.9 Å². The van der Waals surface area contributed by atoms with E-state index in [4.69, 9.17) is 0 Å². The van der Waals surface area contributed by atoms with E-state index in [-0.39, 0.29) is 11.8 Å². The average Bonchev–Trinajstić information content (AvgIpc) is 3.22. The molecule has 0 aliphatic carbocycles. The van der Waals surface area contributed by atoms with Gasteiger partial charge in [-0.05, 0) is 23.8 Å². The first-order chi connectivity index (χ1) is 11.3. The van der Waals surface area contributed by atoms with Gasteiger partial charge in [0.05, 0.1) is 11.6 Å². The lowest BCUT2D eigenvalue weighted by atomic mass is 10.0. The molecule has 1 aliphatic heterocycles. The van der Waals surface area contributed by atoms with Crippen LogP contribution in [-0.2, 0) is 4.79 Å². The molecule has 4 rings (SSSR count). The zero-order valence-corrected chi connectivity index (χ0v) is 13.0. The number of pyridine rings is 1. The Hall–Kier alpha value is -2.60. The van der Waals surface area contributed by atoms with Crippen molar-refractivity contribution >= 4 is 23.5 Å². The summed E-state index contributed by atoms with van der Waals surface area (Å²) in [6.45, 7) is 0. The van der Waals surface area contributed by atoms with Gasteiger partial charge in [0.1, 0.15) is 0 Å². The van der Waals surface area contributed by atoms with Gasteiger partial charge in [-0.2, -0.15) is 5.10 Å². The van der Waals surface area contributed by atoms with E-state index >= 15 is 0 Å². The smallest absolute Gasteiger partial charge is 0.234 e. The maximum atomic E-state index is 12.5. The average molecular weight is 322 g/mol. The summed E-state index contributed by atoms with van der Waals surface area (Å²) in [6.07, 6.45) is 3.45. The van der Waals surface area contributed by atoms with Crippen LogP contribution in [0.5, 0.6) is 0 Å². The molecule has 0 saturated carbocycles. The summed E-state index contributed by atoms with van der Waals surface area (Å²) in [5, 5.41) is 10.0. The minimum atomic E-state index is -0.128. The van der Waals surface area contributed by atoms with Crippen molar-refractivity contribution in [1.29, 1.82) is 0 Å². The van der Waals surface area contributed by atoms with E-state index in [1.807, 2.05) is 36.4 Å². The van der Waals surface area contributed by atoms with Crippen LogP contribution in [0.15, 0.2) is 59.8 Å². The Labute approximate surface area is 137 Å². The van der Waals surface area contributed by atoms with Gasteiger partial charge in [-0.1, -0.05) is 18.2 Å². The van der Waals surface area contributed by atoms with E-state index in [9.17, 15) is 4.79 Å². The van der Waals surface area contributed by atoms with Crippen LogP contribution < -0.4 is 5.32 Å². The maximum Gasteiger partial charge on any atom is 0.234 e. The van der Waals surface area contributed by atoms with Crippen molar-refractivity contribution in [3.05, 3.63) is 60.4 Å². The number of aromatic nitrogens is 3. The number of hydrogen-bond donors (Lipinski definition) is 2. The predicted molar refractivity (Wildman–Crippen MR) is 90.4 cm³/mol. The Kier molecular flexibility index (Phi) is 3.59. The predicted octanol–water partition coefficient (Wildman–Crippen LogP) is 3.30. The molecule has 3 heterocycles. The molecule has 0 saturated heterocycles. The molecule has 0 bridgehead atoms. The summed E-state index contributed by atoms with van der Waals surface area (Å²) in [5.41, 5.74) is 2.93. The van der Waals surface area contributed by atoms with E-state index < -0.39 is 0 Å². The number of rotatable bonds is 3. The van der Waals surface area contributed by atoms with Crippen molar-refractivity contribution in [3.63, 3.8) is 0 Å². The fraction of sp³-hybridized carbons (Fsp3) is 0.118. The number of amides is 1. The molecule has 0 fully saturated rings. The van der Waals surface area contributed by atoms with E-state index in [2.05, 4.69) is 26.6 Å². The number of carbonyl (C=O) groups is 1. The normalized spacial score (nSPS) is 16.1. The molecule has 23 heavy (non-hydrogen) atoms. The highest BCUT2D eigenvalue weighted by Crippen LogP contribution is 2.39. The first-order valence-electron chi connectivity index (χ1n) is 7.29. The Morgan fingerprint density at radius 3 is 2.91 bits per heavy atom. The molecule has 1 atom stereocenters. The second kappa shape index (κ2) is 5.89. The Bertz CT molecular complexity index is 847. The molecule has 1 unspecified atom stereocenters. The number of thioether (sulfide) groups is 1. The van der Waals surface area contributed by atoms with Gasteiger partial charge in [-0.25, -0.2) is 0 Å². The van der Waals surface area contributed by atoms with Crippen LogP contribution >= 0.6 is 11.8 Å². The third kappa shape index (κ3) is 2.73. The number of fused-ring (bicyclic) bond motifs is 1. The van der Waals surface area contributed by atoms with Crippen LogP contribution in [-0.4, -0.2) is 26.8 Å². The van der Waals surface area contributed by atoms with Crippen molar-refractivity contribution in [3.8, 4) is 11.3 Å². The van der Waals surface area contributed by atoms with Gasteiger partial charge >= 0.3 is 0 Å². The van der Waals surface area contributed by atoms with Gasteiger partial charge < -0.3 is 5.32 Å². The third-order valence-electron chi connectivity index (χ3n) is 3.84. The zero-order valence-electron chi connectivity index (χ0n) is 12.2. The van der Waals surface area contributed by atoms with Crippen molar-refractivity contribution in [1.82, 2.24) is 15.2 Å². The molecule has 3 aromatic rings. The van der Waals surface area contributed by atoms with E-state index in [0.29, 0.717) is 5.82 Å². The number of hydrogen-bond acceptors (Lipinski definition) is 4. The fourth-order valence-corrected chi connectivity index (χ4v) is 3.89. The summed E-state index contributed by atoms with van der Waals surface area (Å²) in [6, 6.07) is 13.7. The molecule has 0 radical (unpaired) electrons. The SMILES string of the molecule is O=C(Nc1cc(-c2ccncc2)[nH]n1)C1CSc2ccccc21. The van der Waals surface area contributed by atoms with Crippen molar-refractivity contribution in [2.24, 2.45) is 0 Å². The number of anilines is 1. The minimum Gasteiger partial charge on any atom is -0.309 e. The largest absolute Gasteiger partial charge is 0.309 e. The Morgan fingerprint density at radius 2 is 2.04 bits per heavy atom. The van der Waals surface area contributed by atoms with Crippen LogP contribution in [0.25, 0.3) is 11.3 Å². The highest BCUT2D eigenvalue weighted by atomic mass is 32.2. The van der Waals surface area contributed by atoms with Crippen LogP contribution in [0.1, 0.15) is 11.5 Å². The zero-order chi connectivity index (χ0) is 15.6. The van der Waals surface area contributed by atoms with Crippen LogP contribution in [0.3, 0.4) is 0 Å². The Morgan fingerprint density at radius 1 is 1.22 bits per heavy atom. The third-order valence-corrected chi connectivity index (χ3v) is 5.02. The van der Waals surface area contributed by atoms with E-state index in [1.165, 1.54) is 4.90 Å². The monoisotopic (exact) mass is 322 g/mol. The number of carbonyl (C=O) groups excluding carboxylic acids is 1. The van der Waals surface area contributed by atoms with E-state index in [0.717, 1.165) is 22.6 Å². The summed E-state index contributed by atoms with van der Waals surface area (Å²) in [4.78, 5) is 17.7. The standard InChI is InChI=1S/C17H14N4OS/c22-17(13-10-23-15-4-2-1-3-12(13)15)19-16-9-14(20-21-16)11-5-7-18-8-6-11/h1-9,13H,10H2,(H2,19,20,21,22). The van der Waals surface area contributed by atoms with Crippen LogP contribution in [0.2, 0.25) is 0 Å². The van der Waals surface area contributed by atoms with Crippen LogP contribution in [0.4, 0.5) is 5.82 Å². The van der Waals surface area contributed by atoms with E-state index in [1.54, 1.807) is 24.2 Å². The molecule has 2 aromatic heterocycles. The lowest BCUT2D eigenvalue weighted by Gasteiger charge is -2.09. The number of aromatic amines is 1. The highest BCUT2D eigenvalue weighted by molar-refractivity contribution is 7.99. The number of nitrogens with zero attached hydrogens (tertiary/aromatic N) is 2. The number of benzene rings is 1. The lowest BCUT2D eigenvalue weighted by molar-refractivity contribution is -0.117. The molecule has 6 heteroatoms. The summed E-state index contributed by atoms with van der Waals surface area (Å²) in [5.74, 6) is 1.16. The summed E-state index contributed by atoms with van der Waals surface area (Å²) >= 11 is 1.72. The molecule has 0 spiro atoms. The van der Waals surface area contributed by atoms with Gasteiger partial charge in [0, 0.05) is 34.7 Å². The maximum absolute atomic E-state index is 12.5. The van der Waals surface area contributed by atoms with Crippen molar-refractivity contribution in [2.75, 3.05) is 11.1 Å². The van der Waals surface area contributed by atoms with Crippen molar-refractivity contribution < 1.29 is 4.79 Å². The molecular weight excluding hydrogens is 308 g/mol. The number of H-pyrrole nitrogens is 1. The molecule has 5 nitrogen and oxygen atoms in total. The van der Waals surface area contributed by atoms with Gasteiger partial charge in [0.15, 0.2) is 5.82 Å². The highest BCUT2D eigenvalue weighted by Gasteiger charge is 2.29. The second-order valence-corrected chi connectivity index (χ2v) is 6.36. The minimum absolute atomic E-state index is 0.0183. The Balaban J connectivity index is 1.51. The molecular formula is C17H14N4OS. The lowest BCUT2D eigenvalue weighted by Crippen LogP contribution is -2.21. The summed E-state index contributed by atoms with van der Waals surface area (Å²) in [7, 11) is 0. The fourth-order valence-electron chi connectivity index (χ4n) is 2.66. The van der Waals surface area contributed by atoms with Gasteiger partial charge in [0.25, 0.3) is 0 Å². The molecule has 1 aliphatic rings. The molecule has 1 amide bonds. The van der Waals surface area contributed by atoms with Gasteiger partial charge in [0.2, 0.25) is 5.91 Å². The quantitative estimate of drug-likeness (QED) is 0.776. The molecule has 1 aromatic carbocycles. The molecule has 2 N–H and O–H groups in total. The number of nitrogens with one attached hydrogen (secondary N) is 2.